The Morgan fingerprint density at radius 3 is 2.31 bits per heavy atom. The standard InChI is InChI=1S/C13H28N2O/c1-7-8-13(4,11(2)3)12(16)14-9-10-15(5)6/h11H,7-10H2,1-6H3,(H,14,16). The van der Waals surface area contributed by atoms with E-state index < -0.39 is 0 Å². The summed E-state index contributed by atoms with van der Waals surface area (Å²) in [6, 6.07) is 0. The number of amides is 1. The highest BCUT2D eigenvalue weighted by Gasteiger charge is 2.35. The van der Waals surface area contributed by atoms with E-state index in [1.54, 1.807) is 0 Å². The van der Waals surface area contributed by atoms with Crippen LogP contribution in [0.25, 0.3) is 0 Å². The second-order valence-electron chi connectivity index (χ2n) is 5.38. The van der Waals surface area contributed by atoms with Crippen LogP contribution in [0.2, 0.25) is 0 Å². The van der Waals surface area contributed by atoms with Crippen LogP contribution in [0, 0.1) is 11.3 Å². The van der Waals surface area contributed by atoms with E-state index in [-0.39, 0.29) is 11.3 Å². The van der Waals surface area contributed by atoms with E-state index in [9.17, 15) is 4.79 Å². The van der Waals surface area contributed by atoms with E-state index >= 15 is 0 Å². The van der Waals surface area contributed by atoms with Crippen molar-refractivity contribution < 1.29 is 4.79 Å². The van der Waals surface area contributed by atoms with Crippen LogP contribution in [-0.2, 0) is 4.79 Å². The van der Waals surface area contributed by atoms with E-state index in [1.807, 2.05) is 14.1 Å². The Morgan fingerprint density at radius 1 is 1.38 bits per heavy atom. The largest absolute Gasteiger partial charge is 0.354 e. The minimum absolute atomic E-state index is 0.200. The van der Waals surface area contributed by atoms with Gasteiger partial charge in [0.25, 0.3) is 0 Å². The molecule has 0 spiro atoms. The van der Waals surface area contributed by atoms with Crippen LogP contribution in [0.1, 0.15) is 40.5 Å². The molecule has 1 N–H and O–H groups in total. The second kappa shape index (κ2) is 6.89. The Bertz CT molecular complexity index is 214. The van der Waals surface area contributed by atoms with Crippen LogP contribution in [0.3, 0.4) is 0 Å². The zero-order chi connectivity index (χ0) is 12.8. The topological polar surface area (TPSA) is 32.3 Å². The summed E-state index contributed by atoms with van der Waals surface area (Å²) in [4.78, 5) is 14.2. The average molecular weight is 228 g/mol. The normalized spacial score (nSPS) is 15.2. The molecule has 0 radical (unpaired) electrons. The maximum Gasteiger partial charge on any atom is 0.226 e. The predicted octanol–water partition coefficient (Wildman–Crippen LogP) is 2.13. The number of nitrogens with zero attached hydrogens (tertiary/aromatic N) is 1. The molecule has 0 bridgehead atoms. The number of rotatable bonds is 7. The van der Waals surface area contributed by atoms with E-state index in [0.717, 1.165) is 25.9 Å². The highest BCUT2D eigenvalue weighted by molar-refractivity contribution is 5.82. The number of hydrogen-bond donors (Lipinski definition) is 1. The molecule has 0 fully saturated rings. The Kier molecular flexibility index (Phi) is 6.65. The minimum atomic E-state index is -0.221. The zero-order valence-electron chi connectivity index (χ0n) is 11.8. The molecule has 0 heterocycles. The van der Waals surface area contributed by atoms with Gasteiger partial charge in [-0.15, -0.1) is 0 Å². The Balaban J connectivity index is 4.29. The summed E-state index contributed by atoms with van der Waals surface area (Å²) in [6.07, 6.45) is 2.01. The average Bonchev–Trinajstić information content (AvgIpc) is 2.16. The highest BCUT2D eigenvalue weighted by atomic mass is 16.2. The summed E-state index contributed by atoms with van der Waals surface area (Å²) in [5, 5.41) is 3.04. The lowest BCUT2D eigenvalue weighted by Crippen LogP contribution is -2.44. The minimum Gasteiger partial charge on any atom is -0.354 e. The molecule has 0 aromatic rings. The van der Waals surface area contributed by atoms with Crippen molar-refractivity contribution in [3.63, 3.8) is 0 Å². The van der Waals surface area contributed by atoms with Crippen LogP contribution in [0.5, 0.6) is 0 Å². The molecular weight excluding hydrogens is 200 g/mol. The third-order valence-corrected chi connectivity index (χ3v) is 3.41. The van der Waals surface area contributed by atoms with Gasteiger partial charge in [0.2, 0.25) is 5.91 Å². The molecule has 3 nitrogen and oxygen atoms in total. The van der Waals surface area contributed by atoms with Crippen molar-refractivity contribution in [1.82, 2.24) is 10.2 Å². The molecule has 0 aliphatic heterocycles. The molecule has 0 rings (SSSR count). The van der Waals surface area contributed by atoms with Gasteiger partial charge in [-0.05, 0) is 26.4 Å². The van der Waals surface area contributed by atoms with E-state index in [0.29, 0.717) is 5.92 Å². The molecular formula is C13H28N2O. The van der Waals surface area contributed by atoms with Crippen molar-refractivity contribution in [3.8, 4) is 0 Å². The van der Waals surface area contributed by atoms with E-state index in [2.05, 4.69) is 37.9 Å². The van der Waals surface area contributed by atoms with E-state index in [4.69, 9.17) is 0 Å². The fraction of sp³-hybridized carbons (Fsp3) is 0.923. The first-order chi connectivity index (χ1) is 7.34. The molecule has 96 valence electrons. The van der Waals surface area contributed by atoms with Crippen LogP contribution >= 0.6 is 0 Å². The van der Waals surface area contributed by atoms with Gasteiger partial charge in [0, 0.05) is 18.5 Å². The lowest BCUT2D eigenvalue weighted by Gasteiger charge is -2.32. The number of likely N-dealkylation sites (N-methyl/N-ethyl adjacent to an activating group) is 1. The maximum atomic E-state index is 12.1. The van der Waals surface area contributed by atoms with Gasteiger partial charge in [0.1, 0.15) is 0 Å². The molecule has 16 heavy (non-hydrogen) atoms. The summed E-state index contributed by atoms with van der Waals surface area (Å²) in [5.74, 6) is 0.581. The first-order valence-electron chi connectivity index (χ1n) is 6.27. The quantitative estimate of drug-likeness (QED) is 0.724. The molecule has 0 aromatic carbocycles. The van der Waals surface area contributed by atoms with Crippen LogP contribution in [-0.4, -0.2) is 38.0 Å². The van der Waals surface area contributed by atoms with Crippen molar-refractivity contribution in [2.24, 2.45) is 11.3 Å². The number of hydrogen-bond acceptors (Lipinski definition) is 2. The van der Waals surface area contributed by atoms with Crippen molar-refractivity contribution >= 4 is 5.91 Å². The number of carbonyl (C=O) groups excluding carboxylic acids is 1. The van der Waals surface area contributed by atoms with Crippen molar-refractivity contribution in [2.75, 3.05) is 27.2 Å². The SMILES string of the molecule is CCCC(C)(C(=O)NCCN(C)C)C(C)C. The summed E-state index contributed by atoms with van der Waals surface area (Å²) in [5.41, 5.74) is -0.221. The summed E-state index contributed by atoms with van der Waals surface area (Å²) in [7, 11) is 4.03. The molecule has 0 saturated heterocycles. The fourth-order valence-corrected chi connectivity index (χ4v) is 1.78. The van der Waals surface area contributed by atoms with Crippen LogP contribution < -0.4 is 5.32 Å². The van der Waals surface area contributed by atoms with Gasteiger partial charge in [-0.25, -0.2) is 0 Å². The molecule has 0 aromatic heterocycles. The predicted molar refractivity (Wildman–Crippen MR) is 69.4 cm³/mol. The molecule has 0 aliphatic rings. The Morgan fingerprint density at radius 2 is 1.94 bits per heavy atom. The first-order valence-corrected chi connectivity index (χ1v) is 6.27. The highest BCUT2D eigenvalue weighted by Crippen LogP contribution is 2.32. The van der Waals surface area contributed by atoms with Crippen LogP contribution in [0.15, 0.2) is 0 Å². The number of carbonyl (C=O) groups is 1. The first kappa shape index (κ1) is 15.4. The van der Waals surface area contributed by atoms with Gasteiger partial charge in [0.15, 0.2) is 0 Å². The monoisotopic (exact) mass is 228 g/mol. The number of nitrogens with one attached hydrogen (secondary N) is 1. The molecule has 0 aliphatic carbocycles. The van der Waals surface area contributed by atoms with E-state index in [1.165, 1.54) is 0 Å². The molecule has 1 atom stereocenters. The molecule has 0 saturated carbocycles. The second-order valence-corrected chi connectivity index (χ2v) is 5.38. The van der Waals surface area contributed by atoms with Gasteiger partial charge in [-0.3, -0.25) is 4.79 Å². The van der Waals surface area contributed by atoms with Gasteiger partial charge >= 0.3 is 0 Å². The van der Waals surface area contributed by atoms with Crippen molar-refractivity contribution in [2.45, 2.75) is 40.5 Å². The maximum absolute atomic E-state index is 12.1. The van der Waals surface area contributed by atoms with Gasteiger partial charge in [0.05, 0.1) is 0 Å². The van der Waals surface area contributed by atoms with Gasteiger partial charge in [-0.1, -0.05) is 34.1 Å². The smallest absolute Gasteiger partial charge is 0.226 e. The fourth-order valence-electron chi connectivity index (χ4n) is 1.78. The lowest BCUT2D eigenvalue weighted by atomic mass is 9.75. The summed E-state index contributed by atoms with van der Waals surface area (Å²) < 4.78 is 0. The van der Waals surface area contributed by atoms with Crippen molar-refractivity contribution in [3.05, 3.63) is 0 Å². The third-order valence-electron chi connectivity index (χ3n) is 3.41. The van der Waals surface area contributed by atoms with Crippen LogP contribution in [0.4, 0.5) is 0 Å². The molecule has 1 unspecified atom stereocenters. The lowest BCUT2D eigenvalue weighted by molar-refractivity contribution is -0.133. The Labute approximate surface area is 101 Å². The zero-order valence-corrected chi connectivity index (χ0v) is 11.8. The third kappa shape index (κ3) is 4.52. The molecule has 1 amide bonds. The van der Waals surface area contributed by atoms with Crippen molar-refractivity contribution in [1.29, 1.82) is 0 Å². The van der Waals surface area contributed by atoms with Gasteiger partial charge < -0.3 is 10.2 Å². The summed E-state index contributed by atoms with van der Waals surface area (Å²) >= 11 is 0. The van der Waals surface area contributed by atoms with Gasteiger partial charge in [-0.2, -0.15) is 0 Å². The summed E-state index contributed by atoms with van der Waals surface area (Å²) in [6.45, 7) is 10.1. The Hall–Kier alpha value is -0.570. The molecule has 3 heteroatoms.